The lowest BCUT2D eigenvalue weighted by molar-refractivity contribution is -0.125. The molecule has 1 aliphatic carbocycles. The van der Waals surface area contributed by atoms with Gasteiger partial charge in [-0.05, 0) is 52.0 Å². The van der Waals surface area contributed by atoms with Crippen LogP contribution in [0.3, 0.4) is 0 Å². The van der Waals surface area contributed by atoms with E-state index in [1.165, 1.54) is 0 Å². The Kier molecular flexibility index (Phi) is 5.28. The van der Waals surface area contributed by atoms with Crippen molar-refractivity contribution >= 4 is 5.91 Å². The van der Waals surface area contributed by atoms with E-state index in [1.54, 1.807) is 7.11 Å². The Morgan fingerprint density at radius 1 is 1.48 bits per heavy atom. The predicted octanol–water partition coefficient (Wildman–Crippen LogP) is 1.12. The van der Waals surface area contributed by atoms with E-state index in [9.17, 15) is 4.79 Å². The summed E-state index contributed by atoms with van der Waals surface area (Å²) in [6.07, 6.45) is 4.50. The first kappa shape index (κ1) is 16.7. The van der Waals surface area contributed by atoms with Crippen molar-refractivity contribution in [3.63, 3.8) is 0 Å². The number of amides is 1. The summed E-state index contributed by atoms with van der Waals surface area (Å²) in [5.74, 6) is 0.362. The minimum absolute atomic E-state index is 0.241. The van der Waals surface area contributed by atoms with Gasteiger partial charge < -0.3 is 15.8 Å². The van der Waals surface area contributed by atoms with Crippen LogP contribution in [0.1, 0.15) is 46.5 Å². The predicted molar refractivity (Wildman–Crippen MR) is 84.0 cm³/mol. The summed E-state index contributed by atoms with van der Waals surface area (Å²) in [7, 11) is 1.79. The molecule has 1 saturated carbocycles. The first-order valence-corrected chi connectivity index (χ1v) is 8.20. The number of methoxy groups -OCH3 is 1. The summed E-state index contributed by atoms with van der Waals surface area (Å²) in [5, 5.41) is 3.44. The molecule has 3 N–H and O–H groups in total. The molecule has 122 valence electrons. The maximum atomic E-state index is 11.9. The third kappa shape index (κ3) is 4.18. The Morgan fingerprint density at radius 3 is 2.67 bits per heavy atom. The van der Waals surface area contributed by atoms with E-state index in [0.29, 0.717) is 18.0 Å². The molecule has 1 heterocycles. The summed E-state index contributed by atoms with van der Waals surface area (Å²) in [5.41, 5.74) is 5.05. The van der Waals surface area contributed by atoms with Crippen LogP contribution in [0, 0.1) is 5.92 Å². The topological polar surface area (TPSA) is 67.6 Å². The molecule has 0 aromatic carbocycles. The molecule has 4 unspecified atom stereocenters. The Morgan fingerprint density at radius 2 is 2.14 bits per heavy atom. The zero-order valence-corrected chi connectivity index (χ0v) is 13.9. The van der Waals surface area contributed by atoms with Crippen LogP contribution < -0.4 is 11.1 Å². The number of nitrogens with one attached hydrogen (secondary N) is 1. The molecular weight excluding hydrogens is 266 g/mol. The van der Waals surface area contributed by atoms with Crippen LogP contribution in [0.2, 0.25) is 0 Å². The lowest BCUT2D eigenvalue weighted by Gasteiger charge is -2.42. The maximum Gasteiger partial charge on any atom is 0.237 e. The lowest BCUT2D eigenvalue weighted by Crippen LogP contribution is -2.58. The van der Waals surface area contributed by atoms with Crippen LogP contribution in [0.15, 0.2) is 0 Å². The van der Waals surface area contributed by atoms with E-state index in [1.807, 2.05) is 6.92 Å². The van der Waals surface area contributed by atoms with Gasteiger partial charge in [-0.15, -0.1) is 0 Å². The highest BCUT2D eigenvalue weighted by atomic mass is 16.5. The minimum atomic E-state index is -0.605. The molecule has 2 aliphatic rings. The van der Waals surface area contributed by atoms with Gasteiger partial charge in [0, 0.05) is 25.7 Å². The molecule has 0 radical (unpaired) electrons. The van der Waals surface area contributed by atoms with Gasteiger partial charge in [0.15, 0.2) is 0 Å². The summed E-state index contributed by atoms with van der Waals surface area (Å²) in [6, 6.07) is 0.793. The van der Waals surface area contributed by atoms with Gasteiger partial charge in [0.25, 0.3) is 0 Å². The molecule has 2 fully saturated rings. The third-order valence-electron chi connectivity index (χ3n) is 5.19. The summed E-state index contributed by atoms with van der Waals surface area (Å²) in [6.45, 7) is 8.40. The van der Waals surface area contributed by atoms with Crippen molar-refractivity contribution in [3.8, 4) is 0 Å². The summed E-state index contributed by atoms with van der Waals surface area (Å²) in [4.78, 5) is 14.3. The molecule has 2 rings (SSSR count). The normalized spacial score (nSPS) is 31.6. The van der Waals surface area contributed by atoms with Crippen LogP contribution in [0.25, 0.3) is 0 Å². The number of rotatable bonds is 7. The van der Waals surface area contributed by atoms with E-state index in [2.05, 4.69) is 24.1 Å². The summed E-state index contributed by atoms with van der Waals surface area (Å²) < 4.78 is 5.59. The number of ether oxygens (including phenoxy) is 1. The van der Waals surface area contributed by atoms with Gasteiger partial charge in [0.05, 0.1) is 11.6 Å². The molecule has 1 aliphatic heterocycles. The highest BCUT2D eigenvalue weighted by Crippen LogP contribution is 2.28. The molecule has 5 nitrogen and oxygen atoms in total. The van der Waals surface area contributed by atoms with Gasteiger partial charge in [-0.3, -0.25) is 9.69 Å². The fraction of sp³-hybridized carbons (Fsp3) is 0.938. The zero-order valence-electron chi connectivity index (χ0n) is 13.9. The van der Waals surface area contributed by atoms with Crippen molar-refractivity contribution in [2.75, 3.05) is 20.2 Å². The van der Waals surface area contributed by atoms with Crippen molar-refractivity contribution in [1.82, 2.24) is 10.2 Å². The molecule has 0 bridgehead atoms. The second kappa shape index (κ2) is 6.63. The molecule has 4 atom stereocenters. The van der Waals surface area contributed by atoms with Gasteiger partial charge >= 0.3 is 0 Å². The van der Waals surface area contributed by atoms with Crippen LogP contribution in [-0.2, 0) is 9.53 Å². The smallest absolute Gasteiger partial charge is 0.237 e. The summed E-state index contributed by atoms with van der Waals surface area (Å²) >= 11 is 0. The number of piperidine rings is 1. The van der Waals surface area contributed by atoms with Crippen LogP contribution in [0.4, 0.5) is 0 Å². The largest absolute Gasteiger partial charge is 0.380 e. The average molecular weight is 297 g/mol. The first-order chi connectivity index (χ1) is 9.85. The second-order valence-corrected chi connectivity index (χ2v) is 7.20. The number of likely N-dealkylation sites (tertiary alicyclic amines) is 1. The number of carbonyl (C=O) groups excluding carboxylic acids is 1. The van der Waals surface area contributed by atoms with Crippen LogP contribution in [0.5, 0.6) is 0 Å². The van der Waals surface area contributed by atoms with Gasteiger partial charge in [-0.2, -0.15) is 0 Å². The van der Waals surface area contributed by atoms with E-state index < -0.39 is 5.54 Å². The Labute approximate surface area is 128 Å². The third-order valence-corrected chi connectivity index (χ3v) is 5.19. The van der Waals surface area contributed by atoms with Crippen molar-refractivity contribution in [2.24, 2.45) is 11.7 Å². The fourth-order valence-electron chi connectivity index (χ4n) is 3.39. The van der Waals surface area contributed by atoms with Crippen molar-refractivity contribution < 1.29 is 9.53 Å². The zero-order chi connectivity index (χ0) is 15.6. The van der Waals surface area contributed by atoms with E-state index >= 15 is 0 Å². The monoisotopic (exact) mass is 297 g/mol. The van der Waals surface area contributed by atoms with Crippen molar-refractivity contribution in [1.29, 1.82) is 0 Å². The lowest BCUT2D eigenvalue weighted by atomic mass is 9.89. The Bertz CT molecular complexity index is 373. The Hall–Kier alpha value is -0.650. The molecule has 1 amide bonds. The van der Waals surface area contributed by atoms with Gasteiger partial charge in [-0.25, -0.2) is 0 Å². The van der Waals surface area contributed by atoms with Crippen molar-refractivity contribution in [3.05, 3.63) is 0 Å². The minimum Gasteiger partial charge on any atom is -0.380 e. The molecular formula is C16H31N3O2. The molecule has 5 heteroatoms. The number of primary amides is 1. The maximum absolute atomic E-state index is 11.9. The molecule has 0 aromatic rings. The highest BCUT2D eigenvalue weighted by Gasteiger charge is 2.40. The fourth-order valence-corrected chi connectivity index (χ4v) is 3.39. The quantitative estimate of drug-likeness (QED) is 0.739. The van der Waals surface area contributed by atoms with Crippen LogP contribution >= 0.6 is 0 Å². The van der Waals surface area contributed by atoms with Crippen LogP contribution in [-0.4, -0.2) is 54.7 Å². The van der Waals surface area contributed by atoms with Gasteiger partial charge in [0.1, 0.15) is 0 Å². The number of nitrogens with zero attached hydrogens (tertiary/aromatic N) is 1. The average Bonchev–Trinajstić information content (AvgIpc) is 3.22. The number of hydrogen-bond donors (Lipinski definition) is 2. The molecule has 1 saturated heterocycles. The second-order valence-electron chi connectivity index (χ2n) is 7.20. The molecule has 21 heavy (non-hydrogen) atoms. The number of carbonyl (C=O) groups is 1. The van der Waals surface area contributed by atoms with E-state index in [0.717, 1.165) is 38.8 Å². The van der Waals surface area contributed by atoms with Gasteiger partial charge in [-0.1, -0.05) is 6.92 Å². The van der Waals surface area contributed by atoms with E-state index in [4.69, 9.17) is 10.5 Å². The Balaban J connectivity index is 1.94. The number of nitrogens with two attached hydrogens (primary N) is 1. The highest BCUT2D eigenvalue weighted by molar-refractivity contribution is 5.84. The van der Waals surface area contributed by atoms with Crippen molar-refractivity contribution in [2.45, 2.75) is 70.2 Å². The molecule has 0 aromatic heterocycles. The number of hydrogen-bond acceptors (Lipinski definition) is 4. The SMILES string of the molecule is COC1CN(C(C)CC(C)(NC2CC2)C(N)=O)CCC1C. The molecule has 0 spiro atoms. The first-order valence-electron chi connectivity index (χ1n) is 8.20. The van der Waals surface area contributed by atoms with Gasteiger partial charge in [0.2, 0.25) is 5.91 Å². The standard InChI is InChI=1S/C16H31N3O2/c1-11-7-8-19(10-14(11)21-4)12(2)9-16(3,15(17)20)18-13-5-6-13/h11-14,18H,5-10H2,1-4H3,(H2,17,20). The van der Waals surface area contributed by atoms with E-state index in [-0.39, 0.29) is 12.0 Å².